The molecule has 1 atom stereocenters. The van der Waals surface area contributed by atoms with Crippen LogP contribution < -0.4 is 10.6 Å². The predicted molar refractivity (Wildman–Crippen MR) is 126 cm³/mol. The molecule has 2 aromatic rings. The second-order valence-corrected chi connectivity index (χ2v) is 8.48. The first-order valence-electron chi connectivity index (χ1n) is 12.2. The molecule has 1 fully saturated rings. The SMILES string of the molecule is CCCCc1cc(N[C@H](C(=O)NCCCOCC)C2CCCCC2)nc(-n2ccnc2)n1. The maximum absolute atomic E-state index is 13.2. The summed E-state index contributed by atoms with van der Waals surface area (Å²) in [5, 5.41) is 6.60. The molecule has 2 aromatic heterocycles. The Balaban J connectivity index is 1.77. The zero-order valence-electron chi connectivity index (χ0n) is 19.6. The summed E-state index contributed by atoms with van der Waals surface area (Å²) in [7, 11) is 0. The molecule has 2 heterocycles. The van der Waals surface area contributed by atoms with Crippen LogP contribution in [0.25, 0.3) is 5.95 Å². The molecule has 0 bridgehead atoms. The van der Waals surface area contributed by atoms with Crippen molar-refractivity contribution in [2.45, 2.75) is 77.7 Å². The van der Waals surface area contributed by atoms with Crippen molar-refractivity contribution in [1.29, 1.82) is 0 Å². The number of unbranched alkanes of at least 4 members (excludes halogenated alkanes) is 1. The van der Waals surface area contributed by atoms with E-state index >= 15 is 0 Å². The Labute approximate surface area is 191 Å². The zero-order valence-corrected chi connectivity index (χ0v) is 19.6. The summed E-state index contributed by atoms with van der Waals surface area (Å²) < 4.78 is 7.20. The Morgan fingerprint density at radius 3 is 2.78 bits per heavy atom. The molecule has 2 N–H and O–H groups in total. The normalized spacial score (nSPS) is 15.4. The highest BCUT2D eigenvalue weighted by molar-refractivity contribution is 5.84. The van der Waals surface area contributed by atoms with Gasteiger partial charge in [0.25, 0.3) is 0 Å². The Bertz CT molecular complexity index is 805. The first-order valence-corrected chi connectivity index (χ1v) is 12.2. The average Bonchev–Trinajstić information content (AvgIpc) is 3.36. The average molecular weight is 443 g/mol. The van der Waals surface area contributed by atoms with Crippen LogP contribution in [0.1, 0.15) is 70.9 Å². The highest BCUT2D eigenvalue weighted by Crippen LogP contribution is 2.28. The molecule has 1 amide bonds. The summed E-state index contributed by atoms with van der Waals surface area (Å²) in [5.41, 5.74) is 0.979. The molecule has 1 aliphatic carbocycles. The maximum Gasteiger partial charge on any atom is 0.242 e. The van der Waals surface area contributed by atoms with Gasteiger partial charge in [-0.3, -0.25) is 9.36 Å². The Hall–Kier alpha value is -2.48. The molecule has 176 valence electrons. The number of hydrogen-bond donors (Lipinski definition) is 2. The number of aryl methyl sites for hydroxylation is 1. The first kappa shape index (κ1) is 24.2. The highest BCUT2D eigenvalue weighted by atomic mass is 16.5. The van der Waals surface area contributed by atoms with Crippen molar-refractivity contribution in [3.05, 3.63) is 30.5 Å². The van der Waals surface area contributed by atoms with Crippen LogP contribution in [0, 0.1) is 5.92 Å². The van der Waals surface area contributed by atoms with Crippen LogP contribution in [0.15, 0.2) is 24.8 Å². The minimum atomic E-state index is -0.299. The summed E-state index contributed by atoms with van der Waals surface area (Å²) in [6.07, 6.45) is 14.8. The number of ether oxygens (including phenoxy) is 1. The molecule has 8 heteroatoms. The van der Waals surface area contributed by atoms with E-state index in [1.54, 1.807) is 12.5 Å². The number of nitrogens with one attached hydrogen (secondary N) is 2. The molecule has 0 aromatic carbocycles. The standard InChI is InChI=1S/C24H38N6O2/c1-3-5-12-20-17-21(29-24(27-20)30-15-14-25-18-30)28-22(19-10-7-6-8-11-19)23(31)26-13-9-16-32-4-2/h14-15,17-19,22H,3-13,16H2,1-2H3,(H,26,31)(H,27,28,29)/t22-/m0/s1. The lowest BCUT2D eigenvalue weighted by atomic mass is 9.83. The number of carbonyl (C=O) groups is 1. The second-order valence-electron chi connectivity index (χ2n) is 8.48. The van der Waals surface area contributed by atoms with Gasteiger partial charge < -0.3 is 15.4 Å². The quantitative estimate of drug-likeness (QED) is 0.457. The number of amides is 1. The lowest BCUT2D eigenvalue weighted by Gasteiger charge is -2.30. The van der Waals surface area contributed by atoms with Crippen molar-refractivity contribution in [3.8, 4) is 5.95 Å². The van der Waals surface area contributed by atoms with Crippen molar-refractivity contribution in [1.82, 2.24) is 24.8 Å². The molecule has 0 radical (unpaired) electrons. The van der Waals surface area contributed by atoms with Crippen LogP contribution in [0.5, 0.6) is 0 Å². The van der Waals surface area contributed by atoms with E-state index in [2.05, 4.69) is 22.5 Å². The summed E-state index contributed by atoms with van der Waals surface area (Å²) in [6, 6.07) is 1.70. The largest absolute Gasteiger partial charge is 0.382 e. The molecule has 0 unspecified atom stereocenters. The minimum Gasteiger partial charge on any atom is -0.382 e. The second kappa shape index (κ2) is 13.2. The van der Waals surface area contributed by atoms with Crippen LogP contribution in [0.2, 0.25) is 0 Å². The molecule has 32 heavy (non-hydrogen) atoms. The highest BCUT2D eigenvalue weighted by Gasteiger charge is 2.30. The van der Waals surface area contributed by atoms with Crippen LogP contribution in [-0.2, 0) is 16.0 Å². The molecule has 3 rings (SSSR count). The number of imidazole rings is 1. The fourth-order valence-electron chi connectivity index (χ4n) is 4.20. The van der Waals surface area contributed by atoms with E-state index in [4.69, 9.17) is 14.7 Å². The van der Waals surface area contributed by atoms with E-state index in [0.717, 1.165) is 44.2 Å². The third-order valence-corrected chi connectivity index (χ3v) is 5.97. The van der Waals surface area contributed by atoms with E-state index in [9.17, 15) is 4.79 Å². The van der Waals surface area contributed by atoms with Crippen LogP contribution >= 0.6 is 0 Å². The van der Waals surface area contributed by atoms with Gasteiger partial charge in [-0.05, 0) is 44.9 Å². The summed E-state index contributed by atoms with van der Waals surface area (Å²) in [6.45, 7) is 6.14. The fourth-order valence-corrected chi connectivity index (χ4v) is 4.20. The van der Waals surface area contributed by atoms with Crippen molar-refractivity contribution < 1.29 is 9.53 Å². The first-order chi connectivity index (χ1) is 15.7. The number of nitrogens with zero attached hydrogens (tertiary/aromatic N) is 4. The molecule has 0 aliphatic heterocycles. The molecule has 0 saturated heterocycles. The smallest absolute Gasteiger partial charge is 0.242 e. The lowest BCUT2D eigenvalue weighted by Crippen LogP contribution is -2.45. The molecular weight excluding hydrogens is 404 g/mol. The van der Waals surface area contributed by atoms with Gasteiger partial charge in [-0.1, -0.05) is 32.6 Å². The van der Waals surface area contributed by atoms with Gasteiger partial charge in [0.05, 0.1) is 0 Å². The number of carbonyl (C=O) groups excluding carboxylic acids is 1. The minimum absolute atomic E-state index is 0.0475. The van der Waals surface area contributed by atoms with E-state index < -0.39 is 0 Å². The Morgan fingerprint density at radius 2 is 2.06 bits per heavy atom. The summed E-state index contributed by atoms with van der Waals surface area (Å²) >= 11 is 0. The summed E-state index contributed by atoms with van der Waals surface area (Å²) in [4.78, 5) is 26.7. The fraction of sp³-hybridized carbons (Fsp3) is 0.667. The van der Waals surface area contributed by atoms with Gasteiger partial charge in [-0.25, -0.2) is 9.97 Å². The molecule has 0 spiro atoms. The topological polar surface area (TPSA) is 94.0 Å². The van der Waals surface area contributed by atoms with Crippen molar-refractivity contribution >= 4 is 11.7 Å². The van der Waals surface area contributed by atoms with Gasteiger partial charge in [-0.2, -0.15) is 4.98 Å². The number of aromatic nitrogens is 4. The van der Waals surface area contributed by atoms with Gasteiger partial charge >= 0.3 is 0 Å². The Kier molecular flexibility index (Phi) is 9.94. The Morgan fingerprint density at radius 1 is 1.22 bits per heavy atom. The van der Waals surface area contributed by atoms with Gasteiger partial charge in [-0.15, -0.1) is 0 Å². The van der Waals surface area contributed by atoms with Gasteiger partial charge in [0.15, 0.2) is 0 Å². The van der Waals surface area contributed by atoms with Gasteiger partial charge in [0.1, 0.15) is 18.2 Å². The van der Waals surface area contributed by atoms with Crippen LogP contribution in [0.4, 0.5) is 5.82 Å². The van der Waals surface area contributed by atoms with Crippen molar-refractivity contribution in [2.75, 3.05) is 25.1 Å². The lowest BCUT2D eigenvalue weighted by molar-refractivity contribution is -0.123. The van der Waals surface area contributed by atoms with Crippen molar-refractivity contribution in [2.24, 2.45) is 5.92 Å². The number of anilines is 1. The van der Waals surface area contributed by atoms with Gasteiger partial charge in [0, 0.05) is 43.9 Å². The van der Waals surface area contributed by atoms with E-state index in [1.807, 2.05) is 23.8 Å². The van der Waals surface area contributed by atoms with Gasteiger partial charge in [0.2, 0.25) is 11.9 Å². The van der Waals surface area contributed by atoms with Crippen molar-refractivity contribution in [3.63, 3.8) is 0 Å². The molecule has 8 nitrogen and oxygen atoms in total. The monoisotopic (exact) mass is 442 g/mol. The third kappa shape index (κ3) is 7.29. The molecule has 1 aliphatic rings. The zero-order chi connectivity index (χ0) is 22.6. The van der Waals surface area contributed by atoms with Crippen LogP contribution in [-0.4, -0.2) is 51.2 Å². The van der Waals surface area contributed by atoms with E-state index in [0.29, 0.717) is 37.4 Å². The third-order valence-electron chi connectivity index (χ3n) is 5.97. The maximum atomic E-state index is 13.2. The molecule has 1 saturated carbocycles. The predicted octanol–water partition coefficient (Wildman–Crippen LogP) is 3.91. The van der Waals surface area contributed by atoms with Crippen LogP contribution in [0.3, 0.4) is 0 Å². The van der Waals surface area contributed by atoms with E-state index in [1.165, 1.54) is 19.3 Å². The van der Waals surface area contributed by atoms with E-state index in [-0.39, 0.29) is 11.9 Å². The number of hydrogen-bond acceptors (Lipinski definition) is 6. The number of rotatable bonds is 13. The summed E-state index contributed by atoms with van der Waals surface area (Å²) in [5.74, 6) is 1.64. The molecular formula is C24H38N6O2.